The predicted molar refractivity (Wildman–Crippen MR) is 45.6 cm³/mol. The van der Waals surface area contributed by atoms with Crippen LogP contribution in [0.1, 0.15) is 5.01 Å². The number of rotatable bonds is 3. The molecule has 0 saturated carbocycles. The highest BCUT2D eigenvalue weighted by molar-refractivity contribution is 7.15. The number of hydrogen-bond donors (Lipinski definition) is 1. The molecule has 0 aliphatic carbocycles. The normalized spacial score (nSPS) is 9.83. The van der Waals surface area contributed by atoms with Gasteiger partial charge in [-0.2, -0.15) is 0 Å². The van der Waals surface area contributed by atoms with Crippen LogP contribution < -0.4 is 4.90 Å². The minimum Gasteiger partial charge on any atom is -0.480 e. The fourth-order valence-corrected chi connectivity index (χ4v) is 1.36. The number of aryl methyl sites for hydroxylation is 1. The molecule has 66 valence electrons. The summed E-state index contributed by atoms with van der Waals surface area (Å²) in [7, 11) is 1.67. The van der Waals surface area contributed by atoms with Crippen LogP contribution in [0.3, 0.4) is 0 Å². The van der Waals surface area contributed by atoms with Gasteiger partial charge in [-0.1, -0.05) is 11.3 Å². The van der Waals surface area contributed by atoms with E-state index >= 15 is 0 Å². The van der Waals surface area contributed by atoms with Crippen molar-refractivity contribution in [1.29, 1.82) is 0 Å². The van der Waals surface area contributed by atoms with Crippen LogP contribution in [0, 0.1) is 6.92 Å². The molecule has 5 nitrogen and oxygen atoms in total. The SMILES string of the molecule is Cc1nnc(N(C)CC(=O)O)s1. The summed E-state index contributed by atoms with van der Waals surface area (Å²) in [6.07, 6.45) is 0. The Labute approximate surface area is 73.7 Å². The van der Waals surface area contributed by atoms with E-state index in [2.05, 4.69) is 10.2 Å². The van der Waals surface area contributed by atoms with Crippen LogP contribution in [-0.2, 0) is 4.79 Å². The summed E-state index contributed by atoms with van der Waals surface area (Å²) in [6.45, 7) is 1.78. The fraction of sp³-hybridized carbons (Fsp3) is 0.500. The number of nitrogens with zero attached hydrogens (tertiary/aromatic N) is 3. The molecule has 12 heavy (non-hydrogen) atoms. The van der Waals surface area contributed by atoms with E-state index in [9.17, 15) is 4.79 Å². The molecule has 1 rings (SSSR count). The van der Waals surface area contributed by atoms with Crippen molar-refractivity contribution in [2.24, 2.45) is 0 Å². The molecule has 0 aliphatic heterocycles. The van der Waals surface area contributed by atoms with Gasteiger partial charge in [-0.05, 0) is 6.92 Å². The zero-order valence-corrected chi connectivity index (χ0v) is 7.63. The number of anilines is 1. The number of aliphatic carboxylic acids is 1. The molecule has 0 spiro atoms. The summed E-state index contributed by atoms with van der Waals surface area (Å²) >= 11 is 1.38. The van der Waals surface area contributed by atoms with Gasteiger partial charge in [0.25, 0.3) is 0 Å². The molecule has 0 atom stereocenters. The molecule has 0 radical (unpaired) electrons. The van der Waals surface area contributed by atoms with Crippen LogP contribution >= 0.6 is 11.3 Å². The highest BCUT2D eigenvalue weighted by Gasteiger charge is 2.09. The van der Waals surface area contributed by atoms with Crippen molar-refractivity contribution in [1.82, 2.24) is 10.2 Å². The van der Waals surface area contributed by atoms with Crippen LogP contribution in [0.5, 0.6) is 0 Å². The molecule has 0 unspecified atom stereocenters. The summed E-state index contributed by atoms with van der Waals surface area (Å²) in [4.78, 5) is 11.9. The highest BCUT2D eigenvalue weighted by atomic mass is 32.1. The lowest BCUT2D eigenvalue weighted by Crippen LogP contribution is -2.24. The quantitative estimate of drug-likeness (QED) is 0.740. The van der Waals surface area contributed by atoms with E-state index in [1.807, 2.05) is 6.92 Å². The maximum Gasteiger partial charge on any atom is 0.323 e. The van der Waals surface area contributed by atoms with Gasteiger partial charge in [0.1, 0.15) is 11.6 Å². The molecule has 0 fully saturated rings. The molecule has 1 aromatic heterocycles. The van der Waals surface area contributed by atoms with E-state index in [1.165, 1.54) is 11.3 Å². The Kier molecular flexibility index (Phi) is 2.59. The average Bonchev–Trinajstić information content (AvgIpc) is 2.34. The third-order valence-electron chi connectivity index (χ3n) is 1.21. The van der Waals surface area contributed by atoms with Gasteiger partial charge in [0.05, 0.1) is 0 Å². The molecule has 1 aromatic rings. The summed E-state index contributed by atoms with van der Waals surface area (Å²) < 4.78 is 0. The van der Waals surface area contributed by atoms with E-state index in [4.69, 9.17) is 5.11 Å². The highest BCUT2D eigenvalue weighted by Crippen LogP contribution is 2.17. The van der Waals surface area contributed by atoms with Crippen molar-refractivity contribution in [3.05, 3.63) is 5.01 Å². The Morgan fingerprint density at radius 2 is 2.33 bits per heavy atom. The number of carbonyl (C=O) groups is 1. The summed E-state index contributed by atoms with van der Waals surface area (Å²) in [5, 5.41) is 17.5. The van der Waals surface area contributed by atoms with E-state index in [1.54, 1.807) is 11.9 Å². The van der Waals surface area contributed by atoms with Gasteiger partial charge >= 0.3 is 5.97 Å². The standard InChI is InChI=1S/C6H9N3O2S/c1-4-7-8-6(12-4)9(2)3-5(10)11/h3H2,1-2H3,(H,10,11). The van der Waals surface area contributed by atoms with Crippen LogP contribution in [0.2, 0.25) is 0 Å². The first-order valence-corrected chi connectivity index (χ1v) is 4.14. The van der Waals surface area contributed by atoms with E-state index < -0.39 is 5.97 Å². The molecule has 6 heteroatoms. The molecular weight excluding hydrogens is 178 g/mol. The molecular formula is C6H9N3O2S. The number of hydrogen-bond acceptors (Lipinski definition) is 5. The van der Waals surface area contributed by atoms with Gasteiger partial charge in [0.2, 0.25) is 5.13 Å². The first-order valence-electron chi connectivity index (χ1n) is 3.32. The minimum absolute atomic E-state index is 0.0470. The van der Waals surface area contributed by atoms with Gasteiger partial charge in [-0.15, -0.1) is 10.2 Å². The Morgan fingerprint density at radius 1 is 1.67 bits per heavy atom. The third-order valence-corrected chi connectivity index (χ3v) is 2.17. The number of aromatic nitrogens is 2. The molecule has 1 heterocycles. The Balaban J connectivity index is 2.64. The first kappa shape index (κ1) is 8.92. The smallest absolute Gasteiger partial charge is 0.323 e. The third kappa shape index (κ3) is 2.16. The van der Waals surface area contributed by atoms with Gasteiger partial charge in [0, 0.05) is 7.05 Å². The van der Waals surface area contributed by atoms with Gasteiger partial charge in [-0.3, -0.25) is 4.79 Å². The lowest BCUT2D eigenvalue weighted by molar-refractivity contribution is -0.135. The Hall–Kier alpha value is -1.17. The predicted octanol–water partition coefficient (Wildman–Crippen LogP) is 0.367. The van der Waals surface area contributed by atoms with E-state index in [0.29, 0.717) is 5.13 Å². The van der Waals surface area contributed by atoms with Crippen LogP contribution in [0.25, 0.3) is 0 Å². The summed E-state index contributed by atoms with van der Waals surface area (Å²) in [6, 6.07) is 0. The molecule has 1 N–H and O–H groups in total. The molecule has 0 aliphatic rings. The van der Waals surface area contributed by atoms with Crippen molar-refractivity contribution in [2.45, 2.75) is 6.92 Å². The second-order valence-corrected chi connectivity index (χ2v) is 3.51. The Bertz CT molecular complexity index is 286. The number of likely N-dealkylation sites (N-methyl/N-ethyl adjacent to an activating group) is 1. The van der Waals surface area contributed by atoms with Crippen molar-refractivity contribution < 1.29 is 9.90 Å². The Morgan fingerprint density at radius 3 is 2.75 bits per heavy atom. The average molecular weight is 187 g/mol. The lowest BCUT2D eigenvalue weighted by atomic mass is 10.6. The monoisotopic (exact) mass is 187 g/mol. The fourth-order valence-electron chi connectivity index (χ4n) is 0.711. The molecule has 0 aromatic carbocycles. The first-order chi connectivity index (χ1) is 5.59. The lowest BCUT2D eigenvalue weighted by Gasteiger charge is -2.10. The number of carboxylic acids is 1. The summed E-state index contributed by atoms with van der Waals surface area (Å²) in [5.41, 5.74) is 0. The zero-order valence-electron chi connectivity index (χ0n) is 6.81. The molecule has 0 saturated heterocycles. The minimum atomic E-state index is -0.870. The second-order valence-electron chi connectivity index (χ2n) is 2.35. The largest absolute Gasteiger partial charge is 0.480 e. The van der Waals surface area contributed by atoms with Crippen molar-refractivity contribution in [2.75, 3.05) is 18.5 Å². The molecule has 0 bridgehead atoms. The van der Waals surface area contributed by atoms with Crippen LogP contribution in [0.15, 0.2) is 0 Å². The maximum absolute atomic E-state index is 10.3. The van der Waals surface area contributed by atoms with E-state index in [-0.39, 0.29) is 6.54 Å². The van der Waals surface area contributed by atoms with Gasteiger partial charge in [0.15, 0.2) is 0 Å². The van der Waals surface area contributed by atoms with Crippen LogP contribution in [-0.4, -0.2) is 34.9 Å². The molecule has 0 amide bonds. The second kappa shape index (κ2) is 3.48. The zero-order chi connectivity index (χ0) is 9.14. The van der Waals surface area contributed by atoms with Crippen LogP contribution in [0.4, 0.5) is 5.13 Å². The number of carboxylic acid groups (broad SMARTS) is 1. The van der Waals surface area contributed by atoms with Gasteiger partial charge < -0.3 is 10.0 Å². The van der Waals surface area contributed by atoms with Gasteiger partial charge in [-0.25, -0.2) is 0 Å². The topological polar surface area (TPSA) is 66.3 Å². The van der Waals surface area contributed by atoms with E-state index in [0.717, 1.165) is 5.01 Å². The maximum atomic E-state index is 10.3. The van der Waals surface area contributed by atoms with Crippen molar-refractivity contribution >= 4 is 22.4 Å². The van der Waals surface area contributed by atoms with Crippen molar-refractivity contribution in [3.8, 4) is 0 Å². The summed E-state index contributed by atoms with van der Waals surface area (Å²) in [5.74, 6) is -0.870. The van der Waals surface area contributed by atoms with Crippen molar-refractivity contribution in [3.63, 3.8) is 0 Å².